The summed E-state index contributed by atoms with van der Waals surface area (Å²) in [6.07, 6.45) is 3.55. The fourth-order valence-corrected chi connectivity index (χ4v) is 2.50. The van der Waals surface area contributed by atoms with Gasteiger partial charge in [0.25, 0.3) is 5.56 Å². The van der Waals surface area contributed by atoms with Crippen LogP contribution in [0.1, 0.15) is 46.2 Å². The third-order valence-electron chi connectivity index (χ3n) is 3.42. The molecule has 1 aliphatic heterocycles. The van der Waals surface area contributed by atoms with Gasteiger partial charge < -0.3 is 10.5 Å². The molecule has 0 radical (unpaired) electrons. The second kappa shape index (κ2) is 5.79. The molecular formula is C15H23N3O3. The van der Waals surface area contributed by atoms with E-state index < -0.39 is 5.60 Å². The lowest BCUT2D eigenvalue weighted by molar-refractivity contribution is -0.00174. The van der Waals surface area contributed by atoms with Crippen molar-refractivity contribution in [3.63, 3.8) is 0 Å². The summed E-state index contributed by atoms with van der Waals surface area (Å²) >= 11 is 0. The Kier molecular flexibility index (Phi) is 4.25. The van der Waals surface area contributed by atoms with E-state index in [1.165, 1.54) is 4.57 Å². The standard InChI is InChI=1S/C15H23N3O3/c1-15(2,3)21-14(20)18-9-5-4-8-12(18)17-10-6-7-11(16)13(17)19/h6-7,10,12H,4-5,8-9,16H2,1-3H3. The Morgan fingerprint density at radius 3 is 2.76 bits per heavy atom. The van der Waals surface area contributed by atoms with E-state index in [0.29, 0.717) is 6.54 Å². The highest BCUT2D eigenvalue weighted by Crippen LogP contribution is 2.27. The van der Waals surface area contributed by atoms with Gasteiger partial charge in [-0.1, -0.05) is 0 Å². The maximum atomic E-state index is 12.4. The maximum Gasteiger partial charge on any atom is 0.411 e. The van der Waals surface area contributed by atoms with Crippen LogP contribution in [0.3, 0.4) is 0 Å². The van der Waals surface area contributed by atoms with Crippen molar-refractivity contribution < 1.29 is 9.53 Å². The number of nitrogens with zero attached hydrogens (tertiary/aromatic N) is 2. The molecule has 6 heteroatoms. The first-order valence-corrected chi connectivity index (χ1v) is 7.26. The van der Waals surface area contributed by atoms with Gasteiger partial charge in [0.1, 0.15) is 11.8 Å². The topological polar surface area (TPSA) is 77.6 Å². The van der Waals surface area contributed by atoms with Crippen molar-refractivity contribution in [2.75, 3.05) is 12.3 Å². The average molecular weight is 293 g/mol. The molecule has 0 bridgehead atoms. The van der Waals surface area contributed by atoms with Crippen LogP contribution < -0.4 is 11.3 Å². The van der Waals surface area contributed by atoms with E-state index in [0.717, 1.165) is 19.3 Å². The van der Waals surface area contributed by atoms with Crippen molar-refractivity contribution >= 4 is 11.8 Å². The molecule has 1 amide bonds. The van der Waals surface area contributed by atoms with Gasteiger partial charge in [-0.3, -0.25) is 14.3 Å². The van der Waals surface area contributed by atoms with Crippen LogP contribution in [-0.4, -0.2) is 27.7 Å². The van der Waals surface area contributed by atoms with Gasteiger partial charge in [-0.05, 0) is 52.2 Å². The van der Waals surface area contributed by atoms with Gasteiger partial charge in [-0.2, -0.15) is 0 Å². The third-order valence-corrected chi connectivity index (χ3v) is 3.42. The molecule has 2 rings (SSSR count). The highest BCUT2D eigenvalue weighted by atomic mass is 16.6. The second-order valence-electron chi connectivity index (χ2n) is 6.33. The number of aromatic nitrogens is 1. The Hall–Kier alpha value is -1.98. The molecule has 0 spiro atoms. The Labute approximate surface area is 124 Å². The second-order valence-corrected chi connectivity index (χ2v) is 6.33. The normalized spacial score (nSPS) is 19.4. The minimum Gasteiger partial charge on any atom is -0.444 e. The summed E-state index contributed by atoms with van der Waals surface area (Å²) in [6, 6.07) is 3.29. The highest BCUT2D eigenvalue weighted by molar-refractivity contribution is 5.68. The molecule has 2 heterocycles. The van der Waals surface area contributed by atoms with Gasteiger partial charge in [0.2, 0.25) is 0 Å². The zero-order valence-electron chi connectivity index (χ0n) is 12.8. The molecular weight excluding hydrogens is 270 g/mol. The van der Waals surface area contributed by atoms with Gasteiger partial charge in [-0.25, -0.2) is 4.79 Å². The van der Waals surface area contributed by atoms with Crippen LogP contribution in [-0.2, 0) is 4.74 Å². The fraction of sp³-hybridized carbons (Fsp3) is 0.600. The van der Waals surface area contributed by atoms with Crippen molar-refractivity contribution in [2.45, 2.75) is 51.8 Å². The molecule has 1 unspecified atom stereocenters. The lowest BCUT2D eigenvalue weighted by Crippen LogP contribution is -2.46. The van der Waals surface area contributed by atoms with Gasteiger partial charge in [0, 0.05) is 12.7 Å². The minimum absolute atomic E-state index is 0.187. The first kappa shape index (κ1) is 15.4. The van der Waals surface area contributed by atoms with E-state index in [2.05, 4.69) is 0 Å². The predicted molar refractivity (Wildman–Crippen MR) is 80.9 cm³/mol. The number of pyridine rings is 1. The Morgan fingerprint density at radius 2 is 2.10 bits per heavy atom. The van der Waals surface area contributed by atoms with Crippen LogP contribution in [0.5, 0.6) is 0 Å². The van der Waals surface area contributed by atoms with Crippen molar-refractivity contribution in [2.24, 2.45) is 0 Å². The van der Waals surface area contributed by atoms with Crippen LogP contribution >= 0.6 is 0 Å². The van der Waals surface area contributed by atoms with Crippen molar-refractivity contribution in [1.29, 1.82) is 0 Å². The number of likely N-dealkylation sites (tertiary alicyclic amines) is 1. The number of hydrogen-bond acceptors (Lipinski definition) is 4. The summed E-state index contributed by atoms with van der Waals surface area (Å²) in [5.41, 5.74) is 5.05. The number of hydrogen-bond donors (Lipinski definition) is 1. The molecule has 21 heavy (non-hydrogen) atoms. The van der Waals surface area contributed by atoms with Crippen LogP contribution in [0.4, 0.5) is 10.5 Å². The molecule has 6 nitrogen and oxygen atoms in total. The molecule has 1 saturated heterocycles. The van der Waals surface area contributed by atoms with Crippen molar-refractivity contribution in [3.05, 3.63) is 28.7 Å². The summed E-state index contributed by atoms with van der Waals surface area (Å²) < 4.78 is 6.97. The zero-order chi connectivity index (χ0) is 15.6. The van der Waals surface area contributed by atoms with Crippen molar-refractivity contribution in [1.82, 2.24) is 9.47 Å². The van der Waals surface area contributed by atoms with Gasteiger partial charge in [0.05, 0.1) is 5.69 Å². The number of ether oxygens (including phenoxy) is 1. The summed E-state index contributed by atoms with van der Waals surface area (Å²) in [7, 11) is 0. The molecule has 2 N–H and O–H groups in total. The molecule has 0 aliphatic carbocycles. The number of rotatable bonds is 1. The number of piperidine rings is 1. The number of carbonyl (C=O) groups excluding carboxylic acids is 1. The quantitative estimate of drug-likeness (QED) is 0.862. The van der Waals surface area contributed by atoms with Crippen LogP contribution in [0.15, 0.2) is 23.1 Å². The molecule has 0 aromatic carbocycles. The summed E-state index contributed by atoms with van der Waals surface area (Å²) in [6.45, 7) is 6.07. The summed E-state index contributed by atoms with van der Waals surface area (Å²) in [4.78, 5) is 26.2. The van der Waals surface area contributed by atoms with E-state index in [9.17, 15) is 9.59 Å². The first-order chi connectivity index (χ1) is 9.79. The Bertz CT molecular complexity index is 574. The Morgan fingerprint density at radius 1 is 1.38 bits per heavy atom. The van der Waals surface area contributed by atoms with E-state index in [1.54, 1.807) is 23.2 Å². The molecule has 1 fully saturated rings. The smallest absolute Gasteiger partial charge is 0.411 e. The van der Waals surface area contributed by atoms with Crippen LogP contribution in [0, 0.1) is 0 Å². The Balaban J connectivity index is 2.29. The lowest BCUT2D eigenvalue weighted by atomic mass is 10.1. The van der Waals surface area contributed by atoms with Crippen LogP contribution in [0.2, 0.25) is 0 Å². The average Bonchev–Trinajstić information content (AvgIpc) is 2.40. The van der Waals surface area contributed by atoms with Gasteiger partial charge in [-0.15, -0.1) is 0 Å². The molecule has 1 aromatic heterocycles. The zero-order valence-corrected chi connectivity index (χ0v) is 12.8. The number of nitrogens with two attached hydrogens (primary N) is 1. The third kappa shape index (κ3) is 3.56. The minimum atomic E-state index is -0.556. The van der Waals surface area contributed by atoms with Gasteiger partial charge in [0.15, 0.2) is 0 Å². The van der Waals surface area contributed by atoms with Crippen molar-refractivity contribution in [3.8, 4) is 0 Å². The van der Waals surface area contributed by atoms with E-state index in [-0.39, 0.29) is 23.5 Å². The molecule has 0 saturated carbocycles. The SMILES string of the molecule is CC(C)(C)OC(=O)N1CCCCC1n1cccc(N)c1=O. The largest absolute Gasteiger partial charge is 0.444 e. The number of amides is 1. The fourth-order valence-electron chi connectivity index (χ4n) is 2.50. The van der Waals surface area contributed by atoms with Gasteiger partial charge >= 0.3 is 6.09 Å². The molecule has 116 valence electrons. The summed E-state index contributed by atoms with van der Waals surface area (Å²) in [5.74, 6) is 0. The molecule has 1 aliphatic rings. The first-order valence-electron chi connectivity index (χ1n) is 7.26. The van der Waals surface area contributed by atoms with E-state index in [1.807, 2.05) is 20.8 Å². The number of carbonyl (C=O) groups is 1. The number of nitrogen functional groups attached to an aromatic ring is 1. The summed E-state index contributed by atoms with van der Waals surface area (Å²) in [5, 5.41) is 0. The van der Waals surface area contributed by atoms with Crippen LogP contribution in [0.25, 0.3) is 0 Å². The number of anilines is 1. The predicted octanol–water partition coefficient (Wildman–Crippen LogP) is 2.35. The molecule has 1 atom stereocenters. The highest BCUT2D eigenvalue weighted by Gasteiger charge is 2.32. The van der Waals surface area contributed by atoms with E-state index >= 15 is 0 Å². The monoisotopic (exact) mass is 293 g/mol. The lowest BCUT2D eigenvalue weighted by Gasteiger charge is -2.37. The maximum absolute atomic E-state index is 12.4. The van der Waals surface area contributed by atoms with E-state index in [4.69, 9.17) is 10.5 Å². The molecule has 1 aromatic rings.